The fourth-order valence-electron chi connectivity index (χ4n) is 1.97. The second-order valence-electron chi connectivity index (χ2n) is 4.51. The van der Waals surface area contributed by atoms with Gasteiger partial charge in [0.2, 0.25) is 0 Å². The predicted octanol–water partition coefficient (Wildman–Crippen LogP) is 3.50. The summed E-state index contributed by atoms with van der Waals surface area (Å²) < 4.78 is 0. The first-order chi connectivity index (χ1) is 8.69. The van der Waals surface area contributed by atoms with Crippen LogP contribution in [-0.2, 0) is 6.54 Å². The molecule has 0 saturated carbocycles. The van der Waals surface area contributed by atoms with Crippen molar-refractivity contribution in [1.29, 1.82) is 5.26 Å². The van der Waals surface area contributed by atoms with Crippen molar-refractivity contribution in [3.05, 3.63) is 65.2 Å². The summed E-state index contributed by atoms with van der Waals surface area (Å²) in [7, 11) is 2.06. The van der Waals surface area contributed by atoms with Gasteiger partial charge in [0.1, 0.15) is 0 Å². The summed E-state index contributed by atoms with van der Waals surface area (Å²) in [4.78, 5) is 2.18. The summed E-state index contributed by atoms with van der Waals surface area (Å²) in [5, 5.41) is 8.89. The first kappa shape index (κ1) is 12.2. The van der Waals surface area contributed by atoms with Crippen LogP contribution in [0.5, 0.6) is 0 Å². The summed E-state index contributed by atoms with van der Waals surface area (Å²) in [6.07, 6.45) is 0. The predicted molar refractivity (Wildman–Crippen MR) is 74.4 cm³/mol. The van der Waals surface area contributed by atoms with E-state index >= 15 is 0 Å². The van der Waals surface area contributed by atoms with Gasteiger partial charge < -0.3 is 4.90 Å². The van der Waals surface area contributed by atoms with Crippen molar-refractivity contribution in [3.63, 3.8) is 0 Å². The third kappa shape index (κ3) is 2.89. The summed E-state index contributed by atoms with van der Waals surface area (Å²) in [5.41, 5.74) is 4.31. The molecular weight excluding hydrogens is 220 g/mol. The summed E-state index contributed by atoms with van der Waals surface area (Å²) in [6, 6.07) is 18.3. The molecule has 2 rings (SSSR count). The number of hydrogen-bond donors (Lipinski definition) is 0. The summed E-state index contributed by atoms with van der Waals surface area (Å²) in [6.45, 7) is 2.90. The molecule has 0 saturated heterocycles. The maximum atomic E-state index is 8.89. The third-order valence-electron chi connectivity index (χ3n) is 2.92. The standard InChI is InChI=1S/C16H16N2/c1-13-5-3-8-16(9-13)18(2)12-15-7-4-6-14(10-15)11-17/h3-10H,12H2,1-2H3. The Morgan fingerprint density at radius 3 is 2.61 bits per heavy atom. The van der Waals surface area contributed by atoms with E-state index in [0.29, 0.717) is 5.56 Å². The van der Waals surface area contributed by atoms with Gasteiger partial charge in [0.15, 0.2) is 0 Å². The molecule has 18 heavy (non-hydrogen) atoms. The molecule has 0 spiro atoms. The maximum absolute atomic E-state index is 8.89. The number of hydrogen-bond acceptors (Lipinski definition) is 2. The Labute approximate surface area is 108 Å². The Morgan fingerprint density at radius 1 is 1.11 bits per heavy atom. The highest BCUT2D eigenvalue weighted by Crippen LogP contribution is 2.17. The lowest BCUT2D eigenvalue weighted by Crippen LogP contribution is -2.16. The average molecular weight is 236 g/mol. The van der Waals surface area contributed by atoms with Gasteiger partial charge in [0.25, 0.3) is 0 Å². The molecule has 2 aromatic rings. The van der Waals surface area contributed by atoms with Crippen LogP contribution in [0.4, 0.5) is 5.69 Å². The molecule has 0 aliphatic heterocycles. The molecule has 0 N–H and O–H groups in total. The molecule has 90 valence electrons. The lowest BCUT2D eigenvalue weighted by atomic mass is 10.1. The maximum Gasteiger partial charge on any atom is 0.0991 e. The van der Waals surface area contributed by atoms with E-state index in [9.17, 15) is 0 Å². The second-order valence-corrected chi connectivity index (χ2v) is 4.51. The van der Waals surface area contributed by atoms with Crippen molar-refractivity contribution >= 4 is 5.69 Å². The lowest BCUT2D eigenvalue weighted by molar-refractivity contribution is 0.921. The minimum Gasteiger partial charge on any atom is -0.370 e. The highest BCUT2D eigenvalue weighted by Gasteiger charge is 2.03. The molecule has 0 radical (unpaired) electrons. The molecule has 2 heteroatoms. The lowest BCUT2D eigenvalue weighted by Gasteiger charge is -2.20. The zero-order valence-electron chi connectivity index (χ0n) is 10.7. The van der Waals surface area contributed by atoms with Crippen molar-refractivity contribution in [2.75, 3.05) is 11.9 Å². The Bertz CT molecular complexity index is 582. The molecule has 0 aliphatic rings. The number of benzene rings is 2. The summed E-state index contributed by atoms with van der Waals surface area (Å²) in [5.74, 6) is 0. The normalized spacial score (nSPS) is 9.83. The van der Waals surface area contributed by atoms with E-state index in [1.165, 1.54) is 11.3 Å². The largest absolute Gasteiger partial charge is 0.370 e. The summed E-state index contributed by atoms with van der Waals surface area (Å²) >= 11 is 0. The van der Waals surface area contributed by atoms with Gasteiger partial charge in [-0.15, -0.1) is 0 Å². The fourth-order valence-corrected chi connectivity index (χ4v) is 1.97. The molecule has 0 aliphatic carbocycles. The monoisotopic (exact) mass is 236 g/mol. The number of aryl methyl sites for hydroxylation is 1. The Kier molecular flexibility index (Phi) is 3.64. The molecule has 0 heterocycles. The van der Waals surface area contributed by atoms with Crippen LogP contribution in [-0.4, -0.2) is 7.05 Å². The van der Waals surface area contributed by atoms with E-state index in [2.05, 4.69) is 49.2 Å². The molecule has 0 amide bonds. The van der Waals surface area contributed by atoms with Crippen molar-refractivity contribution in [2.24, 2.45) is 0 Å². The molecule has 0 fully saturated rings. The molecule has 0 aromatic heterocycles. The van der Waals surface area contributed by atoms with Crippen molar-refractivity contribution < 1.29 is 0 Å². The van der Waals surface area contributed by atoms with Gasteiger partial charge in [0, 0.05) is 19.3 Å². The Morgan fingerprint density at radius 2 is 1.89 bits per heavy atom. The first-order valence-corrected chi connectivity index (χ1v) is 5.96. The molecule has 0 unspecified atom stereocenters. The van der Waals surface area contributed by atoms with Crippen LogP contribution in [0.1, 0.15) is 16.7 Å². The molecule has 0 atom stereocenters. The van der Waals surface area contributed by atoms with Gasteiger partial charge in [-0.2, -0.15) is 5.26 Å². The first-order valence-electron chi connectivity index (χ1n) is 5.96. The van der Waals surface area contributed by atoms with Crippen LogP contribution in [0, 0.1) is 18.3 Å². The van der Waals surface area contributed by atoms with E-state index in [0.717, 1.165) is 12.1 Å². The van der Waals surface area contributed by atoms with E-state index in [1.807, 2.05) is 24.3 Å². The SMILES string of the molecule is Cc1cccc(N(C)Cc2cccc(C#N)c2)c1. The number of nitriles is 1. The van der Waals surface area contributed by atoms with Crippen LogP contribution in [0.15, 0.2) is 48.5 Å². The van der Waals surface area contributed by atoms with Gasteiger partial charge in [-0.1, -0.05) is 24.3 Å². The van der Waals surface area contributed by atoms with Crippen LogP contribution >= 0.6 is 0 Å². The Hall–Kier alpha value is -2.27. The quantitative estimate of drug-likeness (QED) is 0.815. The van der Waals surface area contributed by atoms with Gasteiger partial charge in [-0.05, 0) is 42.3 Å². The zero-order chi connectivity index (χ0) is 13.0. The number of anilines is 1. The van der Waals surface area contributed by atoms with Crippen molar-refractivity contribution in [3.8, 4) is 6.07 Å². The average Bonchev–Trinajstić information content (AvgIpc) is 2.39. The third-order valence-corrected chi connectivity index (χ3v) is 2.92. The van der Waals surface area contributed by atoms with Crippen LogP contribution in [0.25, 0.3) is 0 Å². The number of rotatable bonds is 3. The van der Waals surface area contributed by atoms with E-state index in [-0.39, 0.29) is 0 Å². The topological polar surface area (TPSA) is 27.0 Å². The van der Waals surface area contributed by atoms with Gasteiger partial charge in [-0.25, -0.2) is 0 Å². The highest BCUT2D eigenvalue weighted by molar-refractivity contribution is 5.48. The van der Waals surface area contributed by atoms with E-state index in [1.54, 1.807) is 0 Å². The number of nitrogens with zero attached hydrogens (tertiary/aromatic N) is 2. The molecular formula is C16H16N2. The molecule has 2 nitrogen and oxygen atoms in total. The Balaban J connectivity index is 2.16. The van der Waals surface area contributed by atoms with Gasteiger partial charge in [-0.3, -0.25) is 0 Å². The molecule has 0 bridgehead atoms. The van der Waals surface area contributed by atoms with Crippen LogP contribution < -0.4 is 4.90 Å². The minimum atomic E-state index is 0.713. The van der Waals surface area contributed by atoms with Gasteiger partial charge in [0.05, 0.1) is 11.6 Å². The zero-order valence-corrected chi connectivity index (χ0v) is 10.7. The molecule has 2 aromatic carbocycles. The highest BCUT2D eigenvalue weighted by atomic mass is 15.1. The minimum absolute atomic E-state index is 0.713. The van der Waals surface area contributed by atoms with Gasteiger partial charge >= 0.3 is 0 Å². The smallest absolute Gasteiger partial charge is 0.0991 e. The van der Waals surface area contributed by atoms with Crippen molar-refractivity contribution in [2.45, 2.75) is 13.5 Å². The second kappa shape index (κ2) is 5.37. The van der Waals surface area contributed by atoms with Crippen LogP contribution in [0.3, 0.4) is 0 Å². The van der Waals surface area contributed by atoms with Crippen molar-refractivity contribution in [1.82, 2.24) is 0 Å². The van der Waals surface area contributed by atoms with Crippen LogP contribution in [0.2, 0.25) is 0 Å². The van der Waals surface area contributed by atoms with E-state index < -0.39 is 0 Å². The van der Waals surface area contributed by atoms with E-state index in [4.69, 9.17) is 5.26 Å². The fraction of sp³-hybridized carbons (Fsp3) is 0.188.